The van der Waals surface area contributed by atoms with Crippen LogP contribution in [0.1, 0.15) is 9.75 Å². The summed E-state index contributed by atoms with van der Waals surface area (Å²) in [6.07, 6.45) is 0. The fraction of sp³-hybridized carbons (Fsp3) is 0.143. The number of hydrazine groups is 1. The van der Waals surface area contributed by atoms with Gasteiger partial charge in [-0.1, -0.05) is 6.58 Å². The van der Waals surface area contributed by atoms with Crippen LogP contribution in [0.25, 0.3) is 5.70 Å². The highest BCUT2D eigenvalue weighted by molar-refractivity contribution is 7.13. The molecule has 1 aromatic heterocycles. The van der Waals surface area contributed by atoms with Crippen LogP contribution >= 0.6 is 11.3 Å². The Morgan fingerprint density at radius 3 is 2.80 bits per heavy atom. The summed E-state index contributed by atoms with van der Waals surface area (Å²) in [4.78, 5) is 2.37. The highest BCUT2D eigenvalue weighted by Gasteiger charge is 1.97. The van der Waals surface area contributed by atoms with E-state index in [-0.39, 0.29) is 0 Å². The Morgan fingerprint density at radius 2 is 2.40 bits per heavy atom. The van der Waals surface area contributed by atoms with Crippen molar-refractivity contribution in [2.24, 2.45) is 5.84 Å². The van der Waals surface area contributed by atoms with Gasteiger partial charge < -0.3 is 5.43 Å². The minimum Gasteiger partial charge on any atom is -0.323 e. The van der Waals surface area contributed by atoms with Crippen LogP contribution in [0.4, 0.5) is 0 Å². The van der Waals surface area contributed by atoms with Crippen molar-refractivity contribution in [2.45, 2.75) is 6.92 Å². The van der Waals surface area contributed by atoms with E-state index < -0.39 is 0 Å². The van der Waals surface area contributed by atoms with Gasteiger partial charge in [-0.15, -0.1) is 11.3 Å². The lowest BCUT2D eigenvalue weighted by Crippen LogP contribution is -2.18. The average Bonchev–Trinajstić information content (AvgIpc) is 2.34. The second-order valence-electron chi connectivity index (χ2n) is 2.03. The van der Waals surface area contributed by atoms with E-state index in [4.69, 9.17) is 5.84 Å². The molecule has 0 amide bonds. The van der Waals surface area contributed by atoms with E-state index in [2.05, 4.69) is 18.9 Å². The summed E-state index contributed by atoms with van der Waals surface area (Å²) in [5, 5.41) is 0. The van der Waals surface area contributed by atoms with Crippen LogP contribution in [-0.4, -0.2) is 0 Å². The molecule has 0 bridgehead atoms. The average molecular weight is 154 g/mol. The van der Waals surface area contributed by atoms with E-state index in [1.54, 1.807) is 11.3 Å². The molecule has 0 aliphatic heterocycles. The van der Waals surface area contributed by atoms with Crippen molar-refractivity contribution < 1.29 is 0 Å². The maximum atomic E-state index is 5.17. The molecule has 0 spiro atoms. The van der Waals surface area contributed by atoms with Crippen molar-refractivity contribution >= 4 is 17.0 Å². The monoisotopic (exact) mass is 154 g/mol. The molecule has 0 aliphatic rings. The number of aryl methyl sites for hydroxylation is 1. The molecule has 1 rings (SSSR count). The van der Waals surface area contributed by atoms with Crippen molar-refractivity contribution in [3.63, 3.8) is 0 Å². The first-order valence-electron chi connectivity index (χ1n) is 2.96. The number of hydrogen-bond acceptors (Lipinski definition) is 3. The molecular weight excluding hydrogens is 144 g/mol. The first-order valence-corrected chi connectivity index (χ1v) is 3.78. The van der Waals surface area contributed by atoms with Crippen LogP contribution in [0.2, 0.25) is 0 Å². The van der Waals surface area contributed by atoms with Gasteiger partial charge in [0, 0.05) is 4.88 Å². The van der Waals surface area contributed by atoms with Crippen LogP contribution in [0.3, 0.4) is 0 Å². The summed E-state index contributed by atoms with van der Waals surface area (Å²) >= 11 is 1.68. The van der Waals surface area contributed by atoms with Gasteiger partial charge in [-0.25, -0.2) is 0 Å². The standard InChI is InChI=1S/C7H10N2S/c1-5-3-4-7(10-5)6(2)9-8/h3-4,9H,2,8H2,1H3. The molecule has 0 atom stereocenters. The molecule has 0 aliphatic carbocycles. The van der Waals surface area contributed by atoms with Gasteiger partial charge >= 0.3 is 0 Å². The maximum absolute atomic E-state index is 5.17. The Balaban J connectivity index is 2.85. The number of rotatable bonds is 2. The molecule has 0 radical (unpaired) electrons. The zero-order valence-corrected chi connectivity index (χ0v) is 6.66. The second-order valence-corrected chi connectivity index (χ2v) is 3.32. The smallest absolute Gasteiger partial charge is 0.0585 e. The summed E-state index contributed by atoms with van der Waals surface area (Å²) in [6.45, 7) is 5.78. The molecule has 1 aromatic rings. The van der Waals surface area contributed by atoms with Crippen molar-refractivity contribution in [3.8, 4) is 0 Å². The van der Waals surface area contributed by atoms with E-state index in [0.717, 1.165) is 10.6 Å². The fourth-order valence-corrected chi connectivity index (χ4v) is 1.47. The van der Waals surface area contributed by atoms with Crippen molar-refractivity contribution in [2.75, 3.05) is 0 Å². The van der Waals surface area contributed by atoms with Gasteiger partial charge in [-0.3, -0.25) is 5.84 Å². The van der Waals surface area contributed by atoms with Crippen LogP contribution in [0, 0.1) is 6.92 Å². The first-order chi connectivity index (χ1) is 4.74. The highest BCUT2D eigenvalue weighted by Crippen LogP contribution is 2.19. The van der Waals surface area contributed by atoms with Gasteiger partial charge in [0.2, 0.25) is 0 Å². The second kappa shape index (κ2) is 2.86. The van der Waals surface area contributed by atoms with Crippen LogP contribution < -0.4 is 11.3 Å². The molecule has 0 fully saturated rings. The Labute approximate surface area is 64.3 Å². The molecule has 54 valence electrons. The SMILES string of the molecule is C=C(NN)c1ccc(C)s1. The third-order valence-electron chi connectivity index (χ3n) is 1.21. The lowest BCUT2D eigenvalue weighted by atomic mass is 10.4. The van der Waals surface area contributed by atoms with Gasteiger partial charge in [-0.2, -0.15) is 0 Å². The minimum atomic E-state index is 0.776. The number of hydrogen-bond donors (Lipinski definition) is 2. The molecule has 0 aromatic carbocycles. The molecular formula is C7H10N2S. The predicted octanol–water partition coefficient (Wildman–Crippen LogP) is 1.49. The van der Waals surface area contributed by atoms with Gasteiger partial charge in [0.1, 0.15) is 0 Å². The molecule has 10 heavy (non-hydrogen) atoms. The lowest BCUT2D eigenvalue weighted by Gasteiger charge is -1.97. The molecule has 3 N–H and O–H groups in total. The van der Waals surface area contributed by atoms with Crippen LogP contribution in [0.5, 0.6) is 0 Å². The van der Waals surface area contributed by atoms with Crippen LogP contribution in [0.15, 0.2) is 18.7 Å². The molecule has 2 nitrogen and oxygen atoms in total. The van der Waals surface area contributed by atoms with E-state index in [1.165, 1.54) is 4.88 Å². The topological polar surface area (TPSA) is 38.0 Å². The van der Waals surface area contributed by atoms with E-state index in [0.29, 0.717) is 0 Å². The predicted molar refractivity (Wildman–Crippen MR) is 45.4 cm³/mol. The number of thiophene rings is 1. The van der Waals surface area contributed by atoms with Gasteiger partial charge in [0.15, 0.2) is 0 Å². The summed E-state index contributed by atoms with van der Waals surface area (Å²) in [5.41, 5.74) is 3.29. The molecule has 0 unspecified atom stereocenters. The number of nitrogens with two attached hydrogens (primary N) is 1. The van der Waals surface area contributed by atoms with E-state index >= 15 is 0 Å². The van der Waals surface area contributed by atoms with Crippen molar-refractivity contribution in [3.05, 3.63) is 28.5 Å². The Hall–Kier alpha value is -0.800. The van der Waals surface area contributed by atoms with Gasteiger partial charge in [0.05, 0.1) is 10.6 Å². The first kappa shape index (κ1) is 7.31. The molecule has 1 heterocycles. The quantitative estimate of drug-likeness (QED) is 0.500. The van der Waals surface area contributed by atoms with E-state index in [9.17, 15) is 0 Å². The van der Waals surface area contributed by atoms with E-state index in [1.807, 2.05) is 12.1 Å². The lowest BCUT2D eigenvalue weighted by molar-refractivity contribution is 1.00. The molecule has 3 heteroatoms. The third kappa shape index (κ3) is 1.37. The van der Waals surface area contributed by atoms with Gasteiger partial charge in [-0.05, 0) is 19.1 Å². The van der Waals surface area contributed by atoms with Crippen molar-refractivity contribution in [1.82, 2.24) is 5.43 Å². The largest absolute Gasteiger partial charge is 0.323 e. The summed E-state index contributed by atoms with van der Waals surface area (Å²) in [6, 6.07) is 4.05. The fourth-order valence-electron chi connectivity index (χ4n) is 0.668. The van der Waals surface area contributed by atoms with Gasteiger partial charge in [0.25, 0.3) is 0 Å². The zero-order valence-electron chi connectivity index (χ0n) is 5.85. The Bertz CT molecular complexity index is 240. The van der Waals surface area contributed by atoms with Crippen LogP contribution in [-0.2, 0) is 0 Å². The Morgan fingerprint density at radius 1 is 1.70 bits per heavy atom. The summed E-state index contributed by atoms with van der Waals surface area (Å²) in [5.74, 6) is 5.17. The third-order valence-corrected chi connectivity index (χ3v) is 2.27. The van der Waals surface area contributed by atoms with Crippen molar-refractivity contribution in [1.29, 1.82) is 0 Å². The normalized spacial score (nSPS) is 9.40. The maximum Gasteiger partial charge on any atom is 0.0585 e. The molecule has 0 saturated heterocycles. The highest BCUT2D eigenvalue weighted by atomic mass is 32.1. The zero-order chi connectivity index (χ0) is 7.56. The summed E-state index contributed by atoms with van der Waals surface area (Å²) in [7, 11) is 0. The Kier molecular flexibility index (Phi) is 2.09. The minimum absolute atomic E-state index is 0.776. The summed E-state index contributed by atoms with van der Waals surface area (Å²) < 4.78 is 0. The number of nitrogens with one attached hydrogen (secondary N) is 1. The molecule has 0 saturated carbocycles.